The summed E-state index contributed by atoms with van der Waals surface area (Å²) in [6, 6.07) is 0. The van der Waals surface area contributed by atoms with Crippen LogP contribution in [0.15, 0.2) is 4.52 Å². The summed E-state index contributed by atoms with van der Waals surface area (Å²) in [7, 11) is 0. The van der Waals surface area contributed by atoms with Gasteiger partial charge in [0.1, 0.15) is 5.41 Å². The Labute approximate surface area is 94.6 Å². The zero-order valence-corrected chi connectivity index (χ0v) is 9.21. The highest BCUT2D eigenvalue weighted by molar-refractivity contribution is 5.82. The molecule has 5 nitrogen and oxygen atoms in total. The molecule has 1 aliphatic carbocycles. The van der Waals surface area contributed by atoms with E-state index in [0.29, 0.717) is 0 Å². The first kappa shape index (κ1) is 13.5. The van der Waals surface area contributed by atoms with Crippen molar-refractivity contribution < 1.29 is 27.6 Å². The molecule has 17 heavy (non-hydrogen) atoms. The van der Waals surface area contributed by atoms with Crippen molar-refractivity contribution in [2.45, 2.75) is 38.3 Å². The molecule has 1 aromatic heterocycles. The number of rotatable bonds is 2. The van der Waals surface area contributed by atoms with E-state index in [1.165, 1.54) is 0 Å². The van der Waals surface area contributed by atoms with Gasteiger partial charge in [-0.05, 0) is 18.0 Å². The molecule has 1 saturated carbocycles. The Morgan fingerprint density at radius 1 is 1.41 bits per heavy atom. The minimum absolute atomic E-state index is 0.141. The van der Waals surface area contributed by atoms with Gasteiger partial charge in [0.15, 0.2) is 0 Å². The average molecular weight is 252 g/mol. The summed E-state index contributed by atoms with van der Waals surface area (Å²) in [6.45, 7) is 4.00. The van der Waals surface area contributed by atoms with Gasteiger partial charge >= 0.3 is 12.1 Å². The Kier molecular flexibility index (Phi) is 3.44. The van der Waals surface area contributed by atoms with Crippen molar-refractivity contribution in [2.24, 2.45) is 0 Å². The van der Waals surface area contributed by atoms with Crippen molar-refractivity contribution >= 4 is 5.97 Å². The van der Waals surface area contributed by atoms with Crippen molar-refractivity contribution in [2.75, 3.05) is 0 Å². The second kappa shape index (κ2) is 4.34. The fourth-order valence-electron chi connectivity index (χ4n) is 1.25. The van der Waals surface area contributed by atoms with E-state index in [9.17, 15) is 18.0 Å². The van der Waals surface area contributed by atoms with Gasteiger partial charge in [-0.2, -0.15) is 18.2 Å². The number of alkyl halides is 3. The zero-order valence-electron chi connectivity index (χ0n) is 9.21. The third kappa shape index (κ3) is 2.25. The number of carboxylic acids is 1. The maximum atomic E-state index is 12.5. The van der Waals surface area contributed by atoms with E-state index in [1.807, 2.05) is 13.8 Å². The molecule has 1 aliphatic rings. The number of carbonyl (C=O) groups is 1. The normalized spacial score (nSPS) is 17.0. The third-order valence-electron chi connectivity index (χ3n) is 2.32. The molecule has 0 aromatic carbocycles. The summed E-state index contributed by atoms with van der Waals surface area (Å²) < 4.78 is 41.9. The zero-order chi connectivity index (χ0) is 13.3. The second-order valence-electron chi connectivity index (χ2n) is 3.31. The van der Waals surface area contributed by atoms with Gasteiger partial charge < -0.3 is 9.63 Å². The van der Waals surface area contributed by atoms with Gasteiger partial charge in [-0.3, -0.25) is 0 Å². The number of hydrogen-bond acceptors (Lipinski definition) is 4. The summed E-state index contributed by atoms with van der Waals surface area (Å²) in [5.41, 5.74) is -2.12. The van der Waals surface area contributed by atoms with E-state index < -0.39 is 29.3 Å². The molecule has 0 amide bonds. The van der Waals surface area contributed by atoms with Crippen LogP contribution in [0.5, 0.6) is 0 Å². The maximum absolute atomic E-state index is 12.5. The average Bonchev–Trinajstić information content (AvgIpc) is 2.93. The van der Waals surface area contributed by atoms with Crippen LogP contribution in [0, 0.1) is 0 Å². The highest BCUT2D eigenvalue weighted by atomic mass is 19.4. The fraction of sp³-hybridized carbons (Fsp3) is 0.667. The van der Waals surface area contributed by atoms with Crippen LogP contribution in [-0.4, -0.2) is 27.4 Å². The fourth-order valence-corrected chi connectivity index (χ4v) is 1.25. The smallest absolute Gasteiger partial charge is 0.403 e. The summed E-state index contributed by atoms with van der Waals surface area (Å²) in [4.78, 5) is 13.6. The van der Waals surface area contributed by atoms with Crippen LogP contribution in [0.3, 0.4) is 0 Å². The lowest BCUT2D eigenvalue weighted by atomic mass is 10.1. The van der Waals surface area contributed by atoms with E-state index in [4.69, 9.17) is 5.11 Å². The predicted molar refractivity (Wildman–Crippen MR) is 49.6 cm³/mol. The minimum Gasteiger partial charge on any atom is -0.475 e. The molecule has 0 bridgehead atoms. The molecule has 0 atom stereocenters. The van der Waals surface area contributed by atoms with Gasteiger partial charge in [0, 0.05) is 0 Å². The van der Waals surface area contributed by atoms with Crippen molar-refractivity contribution in [3.8, 4) is 0 Å². The molecule has 0 unspecified atom stereocenters. The molecule has 2 rings (SSSR count). The molecule has 1 fully saturated rings. The maximum Gasteiger partial charge on any atom is 0.403 e. The highest BCUT2D eigenvalue weighted by Crippen LogP contribution is 2.58. The summed E-state index contributed by atoms with van der Waals surface area (Å²) in [5.74, 6) is -2.92. The van der Waals surface area contributed by atoms with Crippen LogP contribution in [0.1, 0.15) is 43.2 Å². The van der Waals surface area contributed by atoms with E-state index >= 15 is 0 Å². The van der Waals surface area contributed by atoms with Crippen LogP contribution >= 0.6 is 0 Å². The van der Waals surface area contributed by atoms with E-state index in [0.717, 1.165) is 0 Å². The van der Waals surface area contributed by atoms with Crippen LogP contribution < -0.4 is 0 Å². The first-order valence-electron chi connectivity index (χ1n) is 5.01. The first-order valence-corrected chi connectivity index (χ1v) is 5.01. The molecule has 0 saturated heterocycles. The van der Waals surface area contributed by atoms with Gasteiger partial charge in [0.05, 0.1) is 0 Å². The van der Waals surface area contributed by atoms with E-state index in [1.54, 1.807) is 0 Å². The van der Waals surface area contributed by atoms with Crippen molar-refractivity contribution in [1.29, 1.82) is 0 Å². The molecule has 1 aromatic rings. The number of nitrogens with zero attached hydrogens (tertiary/aromatic N) is 2. The molecular formula is C9H11F3N2O3. The van der Waals surface area contributed by atoms with Crippen LogP contribution in [-0.2, 0) is 5.41 Å². The van der Waals surface area contributed by atoms with Crippen LogP contribution in [0.4, 0.5) is 13.2 Å². The summed E-state index contributed by atoms with van der Waals surface area (Å²) in [6.07, 6.45) is -4.76. The molecule has 8 heteroatoms. The third-order valence-corrected chi connectivity index (χ3v) is 2.32. The molecule has 1 N–H and O–H groups in total. The van der Waals surface area contributed by atoms with Crippen molar-refractivity contribution in [3.63, 3.8) is 0 Å². The van der Waals surface area contributed by atoms with Gasteiger partial charge in [-0.1, -0.05) is 13.8 Å². The SMILES string of the molecule is CC.O=C(O)c1noc(C2(C(F)(F)F)CC2)n1. The number of aromatic carboxylic acids is 1. The molecule has 1 heterocycles. The lowest BCUT2D eigenvalue weighted by molar-refractivity contribution is -0.166. The van der Waals surface area contributed by atoms with Crippen LogP contribution in [0.2, 0.25) is 0 Å². The number of hydrogen-bond donors (Lipinski definition) is 1. The lowest BCUT2D eigenvalue weighted by Gasteiger charge is -2.13. The summed E-state index contributed by atoms with van der Waals surface area (Å²) >= 11 is 0. The first-order chi connectivity index (χ1) is 7.87. The van der Waals surface area contributed by atoms with Gasteiger partial charge in [-0.15, -0.1) is 0 Å². The monoisotopic (exact) mass is 252 g/mol. The molecule has 0 radical (unpaired) electrons. The Bertz CT molecular complexity index is 410. The van der Waals surface area contributed by atoms with Gasteiger partial charge in [-0.25, -0.2) is 4.79 Å². The Balaban J connectivity index is 0.000000686. The number of aromatic nitrogens is 2. The van der Waals surface area contributed by atoms with Crippen LogP contribution in [0.25, 0.3) is 0 Å². The molecular weight excluding hydrogens is 241 g/mol. The van der Waals surface area contributed by atoms with Crippen molar-refractivity contribution in [3.05, 3.63) is 11.7 Å². The highest BCUT2D eigenvalue weighted by Gasteiger charge is 2.68. The topological polar surface area (TPSA) is 76.2 Å². The van der Waals surface area contributed by atoms with Gasteiger partial charge in [0.2, 0.25) is 5.89 Å². The predicted octanol–water partition coefficient (Wildman–Crippen LogP) is 2.39. The van der Waals surface area contributed by atoms with E-state index in [2.05, 4.69) is 14.7 Å². The summed E-state index contributed by atoms with van der Waals surface area (Å²) in [5, 5.41) is 11.4. The Morgan fingerprint density at radius 3 is 2.24 bits per heavy atom. The van der Waals surface area contributed by atoms with Gasteiger partial charge in [0.25, 0.3) is 5.82 Å². The van der Waals surface area contributed by atoms with E-state index in [-0.39, 0.29) is 12.8 Å². The minimum atomic E-state index is -4.48. The standard InChI is InChI=1S/C7H5F3N2O3.C2H6/c8-7(9,10)6(1-2-6)5-11-3(4(13)14)12-15-5;1-2/h1-2H2,(H,13,14);1-2H3. The Hall–Kier alpha value is -1.60. The molecule has 96 valence electrons. The number of halogens is 3. The van der Waals surface area contributed by atoms with Crippen molar-refractivity contribution in [1.82, 2.24) is 10.1 Å². The largest absolute Gasteiger partial charge is 0.475 e. The lowest BCUT2D eigenvalue weighted by Crippen LogP contribution is -2.29. The second-order valence-corrected chi connectivity index (χ2v) is 3.31. The quantitative estimate of drug-likeness (QED) is 0.874. The number of carboxylic acid groups (broad SMARTS) is 1. The molecule has 0 aliphatic heterocycles. The molecule has 0 spiro atoms. The Morgan fingerprint density at radius 2 is 1.94 bits per heavy atom.